The number of urea groups is 1. The Labute approximate surface area is 129 Å². The van der Waals surface area contributed by atoms with Gasteiger partial charge in [-0.05, 0) is 24.6 Å². The molecule has 0 unspecified atom stereocenters. The standard InChI is InChI=1S/C15H23BrN2O2/c1-4-18(9-10-19)14(20)17-11-15(2,3)12-5-7-13(16)8-6-12/h5-8,19H,4,9-11H2,1-3H3,(H,17,20). The number of hydrogen-bond acceptors (Lipinski definition) is 2. The summed E-state index contributed by atoms with van der Waals surface area (Å²) in [4.78, 5) is 13.6. The van der Waals surface area contributed by atoms with Crippen LogP contribution in [-0.4, -0.2) is 42.3 Å². The second kappa shape index (κ2) is 7.64. The van der Waals surface area contributed by atoms with Crippen LogP contribution >= 0.6 is 15.9 Å². The fourth-order valence-electron chi connectivity index (χ4n) is 1.94. The van der Waals surface area contributed by atoms with Crippen LogP contribution in [0.25, 0.3) is 0 Å². The molecule has 20 heavy (non-hydrogen) atoms. The highest BCUT2D eigenvalue weighted by Gasteiger charge is 2.22. The highest BCUT2D eigenvalue weighted by atomic mass is 79.9. The second-order valence-corrected chi connectivity index (χ2v) is 6.27. The number of hydrogen-bond donors (Lipinski definition) is 2. The second-order valence-electron chi connectivity index (χ2n) is 5.35. The summed E-state index contributed by atoms with van der Waals surface area (Å²) in [5.74, 6) is 0. The molecule has 2 amide bonds. The van der Waals surface area contributed by atoms with Crippen LogP contribution in [0, 0.1) is 0 Å². The topological polar surface area (TPSA) is 52.6 Å². The summed E-state index contributed by atoms with van der Waals surface area (Å²) in [5, 5.41) is 11.9. The van der Waals surface area contributed by atoms with E-state index in [4.69, 9.17) is 5.11 Å². The van der Waals surface area contributed by atoms with E-state index in [1.54, 1.807) is 4.90 Å². The van der Waals surface area contributed by atoms with E-state index in [-0.39, 0.29) is 18.1 Å². The van der Waals surface area contributed by atoms with Crippen molar-refractivity contribution in [1.29, 1.82) is 0 Å². The minimum atomic E-state index is -0.144. The van der Waals surface area contributed by atoms with Crippen molar-refractivity contribution >= 4 is 22.0 Å². The van der Waals surface area contributed by atoms with Gasteiger partial charge in [-0.3, -0.25) is 0 Å². The molecule has 0 atom stereocenters. The zero-order valence-electron chi connectivity index (χ0n) is 12.3. The molecule has 4 nitrogen and oxygen atoms in total. The van der Waals surface area contributed by atoms with E-state index in [1.807, 2.05) is 19.1 Å². The highest BCUT2D eigenvalue weighted by Crippen LogP contribution is 2.24. The maximum absolute atomic E-state index is 12.0. The van der Waals surface area contributed by atoms with Crippen molar-refractivity contribution < 1.29 is 9.90 Å². The predicted molar refractivity (Wildman–Crippen MR) is 84.9 cm³/mol. The van der Waals surface area contributed by atoms with Gasteiger partial charge < -0.3 is 15.3 Å². The van der Waals surface area contributed by atoms with Crippen molar-refractivity contribution in [3.63, 3.8) is 0 Å². The molecule has 0 saturated heterocycles. The van der Waals surface area contributed by atoms with Gasteiger partial charge in [-0.1, -0.05) is 41.9 Å². The Hall–Kier alpha value is -1.07. The largest absolute Gasteiger partial charge is 0.395 e. The van der Waals surface area contributed by atoms with Crippen molar-refractivity contribution in [3.05, 3.63) is 34.3 Å². The molecule has 1 aromatic rings. The quantitative estimate of drug-likeness (QED) is 0.835. The number of amides is 2. The summed E-state index contributed by atoms with van der Waals surface area (Å²) in [6, 6.07) is 7.99. The van der Waals surface area contributed by atoms with Gasteiger partial charge in [0.25, 0.3) is 0 Å². The van der Waals surface area contributed by atoms with E-state index in [0.717, 1.165) is 4.47 Å². The summed E-state index contributed by atoms with van der Waals surface area (Å²) < 4.78 is 1.04. The smallest absolute Gasteiger partial charge is 0.317 e. The van der Waals surface area contributed by atoms with Crippen molar-refractivity contribution in [2.45, 2.75) is 26.2 Å². The third-order valence-corrected chi connectivity index (χ3v) is 3.87. The molecule has 2 N–H and O–H groups in total. The molecule has 0 saturated carbocycles. The van der Waals surface area contributed by atoms with Crippen LogP contribution < -0.4 is 5.32 Å². The van der Waals surface area contributed by atoms with E-state index in [9.17, 15) is 4.79 Å². The summed E-state index contributed by atoms with van der Waals surface area (Å²) >= 11 is 3.42. The SMILES string of the molecule is CCN(CCO)C(=O)NCC(C)(C)c1ccc(Br)cc1. The van der Waals surface area contributed by atoms with Crippen LogP contribution in [-0.2, 0) is 5.41 Å². The molecule has 1 rings (SSSR count). The number of halogens is 1. The van der Waals surface area contributed by atoms with Gasteiger partial charge in [0.05, 0.1) is 6.61 Å². The monoisotopic (exact) mass is 342 g/mol. The fourth-order valence-corrected chi connectivity index (χ4v) is 2.20. The Morgan fingerprint density at radius 1 is 1.35 bits per heavy atom. The maximum Gasteiger partial charge on any atom is 0.317 e. The number of likely N-dealkylation sites (N-methyl/N-ethyl adjacent to an activating group) is 1. The van der Waals surface area contributed by atoms with Gasteiger partial charge in [0.1, 0.15) is 0 Å². The highest BCUT2D eigenvalue weighted by molar-refractivity contribution is 9.10. The van der Waals surface area contributed by atoms with E-state index in [2.05, 4.69) is 47.2 Å². The first-order valence-electron chi connectivity index (χ1n) is 6.80. The van der Waals surface area contributed by atoms with Gasteiger partial charge in [0.2, 0.25) is 0 Å². The van der Waals surface area contributed by atoms with Gasteiger partial charge in [0, 0.05) is 29.5 Å². The molecule has 0 aliphatic rings. The molecule has 5 heteroatoms. The number of aliphatic hydroxyl groups excluding tert-OH is 1. The number of carbonyl (C=O) groups is 1. The lowest BCUT2D eigenvalue weighted by Gasteiger charge is -2.28. The maximum atomic E-state index is 12.0. The lowest BCUT2D eigenvalue weighted by molar-refractivity contribution is 0.178. The predicted octanol–water partition coefficient (Wildman–Crippen LogP) is 2.75. The minimum Gasteiger partial charge on any atom is -0.395 e. The van der Waals surface area contributed by atoms with Crippen LogP contribution in [0.2, 0.25) is 0 Å². The lowest BCUT2D eigenvalue weighted by Crippen LogP contribution is -2.45. The molecule has 0 fully saturated rings. The minimum absolute atomic E-state index is 0.0165. The molecule has 0 aliphatic carbocycles. The van der Waals surface area contributed by atoms with Crippen molar-refractivity contribution in [3.8, 4) is 0 Å². The van der Waals surface area contributed by atoms with Crippen LogP contribution in [0.3, 0.4) is 0 Å². The van der Waals surface area contributed by atoms with Gasteiger partial charge >= 0.3 is 6.03 Å². The molecule has 0 aliphatic heterocycles. The summed E-state index contributed by atoms with van der Waals surface area (Å²) in [6.07, 6.45) is 0. The van der Waals surface area contributed by atoms with Crippen molar-refractivity contribution in [2.75, 3.05) is 26.2 Å². The fraction of sp³-hybridized carbons (Fsp3) is 0.533. The summed E-state index contributed by atoms with van der Waals surface area (Å²) in [7, 11) is 0. The number of rotatable bonds is 6. The van der Waals surface area contributed by atoms with Crippen molar-refractivity contribution in [2.24, 2.45) is 0 Å². The van der Waals surface area contributed by atoms with Crippen LogP contribution in [0.15, 0.2) is 28.7 Å². The molecule has 1 aromatic carbocycles. The Kier molecular flexibility index (Phi) is 6.49. The first kappa shape index (κ1) is 17.0. The summed E-state index contributed by atoms with van der Waals surface area (Å²) in [5.41, 5.74) is 1.03. The summed E-state index contributed by atoms with van der Waals surface area (Å²) in [6.45, 7) is 7.58. The molecular weight excluding hydrogens is 320 g/mol. The molecule has 0 bridgehead atoms. The zero-order valence-corrected chi connectivity index (χ0v) is 13.9. The van der Waals surface area contributed by atoms with Gasteiger partial charge in [-0.25, -0.2) is 4.79 Å². The molecule has 0 aromatic heterocycles. The first-order chi connectivity index (χ1) is 9.40. The zero-order chi connectivity index (χ0) is 15.2. The number of nitrogens with one attached hydrogen (secondary N) is 1. The molecule has 0 heterocycles. The molecule has 112 valence electrons. The van der Waals surface area contributed by atoms with E-state index in [1.165, 1.54) is 5.56 Å². The Morgan fingerprint density at radius 2 is 1.95 bits per heavy atom. The average molecular weight is 343 g/mol. The number of carbonyl (C=O) groups excluding carboxylic acids is 1. The number of aliphatic hydroxyl groups is 1. The van der Waals surface area contributed by atoms with E-state index < -0.39 is 0 Å². The Balaban J connectivity index is 2.62. The number of benzene rings is 1. The first-order valence-corrected chi connectivity index (χ1v) is 7.59. The van der Waals surface area contributed by atoms with Crippen LogP contribution in [0.5, 0.6) is 0 Å². The van der Waals surface area contributed by atoms with Gasteiger partial charge in [0.15, 0.2) is 0 Å². The normalized spacial score (nSPS) is 11.2. The van der Waals surface area contributed by atoms with Crippen LogP contribution in [0.4, 0.5) is 4.79 Å². The molecule has 0 spiro atoms. The number of nitrogens with zero attached hydrogens (tertiary/aromatic N) is 1. The average Bonchev–Trinajstić information content (AvgIpc) is 2.42. The van der Waals surface area contributed by atoms with Crippen LogP contribution in [0.1, 0.15) is 26.3 Å². The van der Waals surface area contributed by atoms with E-state index in [0.29, 0.717) is 19.6 Å². The van der Waals surface area contributed by atoms with E-state index >= 15 is 0 Å². The third kappa shape index (κ3) is 4.80. The Morgan fingerprint density at radius 3 is 2.45 bits per heavy atom. The van der Waals surface area contributed by atoms with Gasteiger partial charge in [-0.2, -0.15) is 0 Å². The molecule has 0 radical (unpaired) electrons. The van der Waals surface area contributed by atoms with Gasteiger partial charge in [-0.15, -0.1) is 0 Å². The van der Waals surface area contributed by atoms with Crippen molar-refractivity contribution in [1.82, 2.24) is 10.2 Å². The third-order valence-electron chi connectivity index (χ3n) is 3.35. The Bertz CT molecular complexity index is 432. The molecular formula is C15H23BrN2O2. The lowest BCUT2D eigenvalue weighted by atomic mass is 9.85.